The molecule has 1 fully saturated rings. The first-order valence-corrected chi connectivity index (χ1v) is 8.23. The summed E-state index contributed by atoms with van der Waals surface area (Å²) in [5, 5.41) is 12.2. The van der Waals surface area contributed by atoms with E-state index in [1.54, 1.807) is 19.1 Å². The Morgan fingerprint density at radius 2 is 2.25 bits per heavy atom. The Bertz CT molecular complexity index is 635. The number of aromatic nitrogens is 1. The number of halogens is 1. The highest BCUT2D eigenvalue weighted by Crippen LogP contribution is 2.21. The van der Waals surface area contributed by atoms with E-state index in [0.717, 1.165) is 0 Å². The maximum Gasteiger partial charge on any atom is 0.213 e. The van der Waals surface area contributed by atoms with Crippen LogP contribution < -0.4 is 5.32 Å². The molecule has 0 aromatic carbocycles. The third-order valence-electron chi connectivity index (χ3n) is 3.21. The summed E-state index contributed by atoms with van der Waals surface area (Å²) in [5.41, 5.74) is 0.181. The van der Waals surface area contributed by atoms with Gasteiger partial charge in [0.05, 0.1) is 10.8 Å². The van der Waals surface area contributed by atoms with E-state index in [0.29, 0.717) is 30.5 Å². The van der Waals surface area contributed by atoms with Crippen LogP contribution in [0, 0.1) is 17.2 Å². The monoisotopic (exact) mass is 314 g/mol. The molecule has 0 atom stereocenters. The molecule has 1 N–H and O–H groups in total. The lowest BCUT2D eigenvalue weighted by Crippen LogP contribution is -2.52. The predicted molar refractivity (Wildman–Crippen MR) is 77.0 cm³/mol. The molecule has 108 valence electrons. The Kier molecular flexibility index (Phi) is 4.48. The van der Waals surface area contributed by atoms with Crippen LogP contribution in [0.25, 0.3) is 0 Å². The van der Waals surface area contributed by atoms with Crippen molar-refractivity contribution in [3.8, 4) is 6.07 Å². The van der Waals surface area contributed by atoms with Crippen LogP contribution in [0.4, 0.5) is 5.82 Å². The van der Waals surface area contributed by atoms with Crippen LogP contribution in [0.2, 0.25) is 5.02 Å². The van der Waals surface area contributed by atoms with Crippen molar-refractivity contribution in [2.45, 2.75) is 6.92 Å². The highest BCUT2D eigenvalue weighted by Gasteiger charge is 2.34. The zero-order valence-electron chi connectivity index (χ0n) is 11.0. The summed E-state index contributed by atoms with van der Waals surface area (Å²) in [6.45, 7) is 3.32. The van der Waals surface area contributed by atoms with Gasteiger partial charge in [0.2, 0.25) is 10.0 Å². The van der Waals surface area contributed by atoms with Crippen molar-refractivity contribution < 1.29 is 8.42 Å². The van der Waals surface area contributed by atoms with Crippen molar-refractivity contribution >= 4 is 27.4 Å². The lowest BCUT2D eigenvalue weighted by Gasteiger charge is -2.38. The molecule has 1 aromatic heterocycles. The molecule has 20 heavy (non-hydrogen) atoms. The zero-order chi connectivity index (χ0) is 14.8. The van der Waals surface area contributed by atoms with Crippen molar-refractivity contribution in [3.63, 3.8) is 0 Å². The maximum absolute atomic E-state index is 11.6. The topological polar surface area (TPSA) is 86.1 Å². The van der Waals surface area contributed by atoms with Gasteiger partial charge in [-0.3, -0.25) is 0 Å². The van der Waals surface area contributed by atoms with Crippen LogP contribution in [0.5, 0.6) is 0 Å². The van der Waals surface area contributed by atoms with E-state index in [4.69, 9.17) is 16.9 Å². The fraction of sp³-hybridized carbons (Fsp3) is 0.500. The summed E-state index contributed by atoms with van der Waals surface area (Å²) in [5.74, 6) is 0.972. The predicted octanol–water partition coefficient (Wildman–Crippen LogP) is 1.30. The summed E-state index contributed by atoms with van der Waals surface area (Å²) in [7, 11) is -3.06. The van der Waals surface area contributed by atoms with E-state index in [9.17, 15) is 8.42 Å². The summed E-state index contributed by atoms with van der Waals surface area (Å²) < 4.78 is 24.6. The molecule has 0 radical (unpaired) electrons. The number of hydrogen-bond donors (Lipinski definition) is 1. The van der Waals surface area contributed by atoms with Gasteiger partial charge in [0.25, 0.3) is 0 Å². The van der Waals surface area contributed by atoms with Crippen molar-refractivity contribution in [3.05, 3.63) is 22.8 Å². The molecule has 6 nitrogen and oxygen atoms in total. The minimum atomic E-state index is -3.06. The van der Waals surface area contributed by atoms with Gasteiger partial charge in [-0.2, -0.15) is 5.26 Å². The first-order valence-electron chi connectivity index (χ1n) is 6.24. The molecule has 0 saturated carbocycles. The van der Waals surface area contributed by atoms with Crippen LogP contribution in [0.15, 0.2) is 12.1 Å². The molecule has 0 spiro atoms. The van der Waals surface area contributed by atoms with Crippen LogP contribution >= 0.6 is 11.6 Å². The minimum absolute atomic E-state index is 0.136. The van der Waals surface area contributed by atoms with Crippen LogP contribution in [0.1, 0.15) is 12.6 Å². The molecule has 1 saturated heterocycles. The summed E-state index contributed by atoms with van der Waals surface area (Å²) in [6.07, 6.45) is 0. The largest absolute Gasteiger partial charge is 0.370 e. The van der Waals surface area contributed by atoms with Gasteiger partial charge < -0.3 is 5.32 Å². The average molecular weight is 315 g/mol. The lowest BCUT2D eigenvalue weighted by atomic mass is 10.0. The molecular formula is C12H15ClN4O2S. The Hall–Kier alpha value is -1.36. The quantitative estimate of drug-likeness (QED) is 0.885. The van der Waals surface area contributed by atoms with E-state index in [-0.39, 0.29) is 17.4 Å². The van der Waals surface area contributed by atoms with Gasteiger partial charge in [0.1, 0.15) is 11.9 Å². The van der Waals surface area contributed by atoms with Gasteiger partial charge in [-0.1, -0.05) is 11.6 Å². The van der Waals surface area contributed by atoms with Crippen molar-refractivity contribution in [2.24, 2.45) is 5.92 Å². The van der Waals surface area contributed by atoms with Gasteiger partial charge in [-0.25, -0.2) is 17.7 Å². The number of hydrogen-bond acceptors (Lipinski definition) is 5. The van der Waals surface area contributed by atoms with E-state index < -0.39 is 10.0 Å². The highest BCUT2D eigenvalue weighted by atomic mass is 35.5. The molecule has 1 aromatic rings. The average Bonchev–Trinajstić information content (AvgIpc) is 2.38. The molecule has 0 aliphatic carbocycles. The highest BCUT2D eigenvalue weighted by molar-refractivity contribution is 7.89. The number of nitriles is 1. The third-order valence-corrected chi connectivity index (χ3v) is 5.33. The number of nitrogens with one attached hydrogen (secondary N) is 1. The number of pyridine rings is 1. The van der Waals surface area contributed by atoms with Gasteiger partial charge >= 0.3 is 0 Å². The molecule has 1 aliphatic heterocycles. The summed E-state index contributed by atoms with van der Waals surface area (Å²) in [4.78, 5) is 4.07. The standard InChI is InChI=1S/C12H15ClN4O2S/c1-2-20(18,19)17-7-9(8-17)6-15-12-4-3-10(13)11(5-14)16-12/h3-4,9H,2,6-8H2,1H3,(H,15,16). The Morgan fingerprint density at radius 1 is 1.55 bits per heavy atom. The van der Waals surface area contributed by atoms with Crippen molar-refractivity contribution in [1.29, 1.82) is 5.26 Å². The Labute approximate surface area is 123 Å². The van der Waals surface area contributed by atoms with Crippen LogP contribution in [-0.4, -0.2) is 43.1 Å². The van der Waals surface area contributed by atoms with E-state index in [1.165, 1.54) is 4.31 Å². The van der Waals surface area contributed by atoms with Gasteiger partial charge in [-0.15, -0.1) is 0 Å². The fourth-order valence-electron chi connectivity index (χ4n) is 1.93. The second-order valence-electron chi connectivity index (χ2n) is 4.60. The SMILES string of the molecule is CCS(=O)(=O)N1CC(CNc2ccc(Cl)c(C#N)n2)C1. The number of nitrogens with zero attached hydrogens (tertiary/aromatic N) is 3. The fourth-order valence-corrected chi connectivity index (χ4v) is 3.32. The number of anilines is 1. The summed E-state index contributed by atoms with van der Waals surface area (Å²) >= 11 is 5.80. The van der Waals surface area contributed by atoms with Crippen molar-refractivity contribution in [2.75, 3.05) is 30.7 Å². The first kappa shape index (κ1) is 15.0. The molecule has 1 aliphatic rings. The van der Waals surface area contributed by atoms with E-state index in [1.807, 2.05) is 6.07 Å². The maximum atomic E-state index is 11.6. The van der Waals surface area contributed by atoms with Gasteiger partial charge in [0.15, 0.2) is 5.69 Å². The second kappa shape index (κ2) is 5.95. The smallest absolute Gasteiger partial charge is 0.213 e. The number of sulfonamides is 1. The van der Waals surface area contributed by atoms with Gasteiger partial charge in [0, 0.05) is 25.6 Å². The molecular weight excluding hydrogens is 300 g/mol. The van der Waals surface area contributed by atoms with Gasteiger partial charge in [-0.05, 0) is 19.1 Å². The Balaban J connectivity index is 1.85. The molecule has 0 bridgehead atoms. The summed E-state index contributed by atoms with van der Waals surface area (Å²) in [6, 6.07) is 5.23. The molecule has 2 heterocycles. The Morgan fingerprint density at radius 3 is 2.85 bits per heavy atom. The second-order valence-corrected chi connectivity index (χ2v) is 7.27. The molecule has 8 heteroatoms. The molecule has 2 rings (SSSR count). The third kappa shape index (κ3) is 3.20. The zero-order valence-corrected chi connectivity index (χ0v) is 12.6. The van der Waals surface area contributed by atoms with Crippen LogP contribution in [0.3, 0.4) is 0 Å². The van der Waals surface area contributed by atoms with E-state index in [2.05, 4.69) is 10.3 Å². The van der Waals surface area contributed by atoms with Crippen LogP contribution in [-0.2, 0) is 10.0 Å². The minimum Gasteiger partial charge on any atom is -0.370 e. The van der Waals surface area contributed by atoms with Crippen molar-refractivity contribution in [1.82, 2.24) is 9.29 Å². The molecule has 0 amide bonds. The first-order chi connectivity index (χ1) is 9.46. The van der Waals surface area contributed by atoms with E-state index >= 15 is 0 Å². The lowest BCUT2D eigenvalue weighted by molar-refractivity contribution is 0.212. The number of rotatable bonds is 5. The normalized spacial score (nSPS) is 16.4. The molecule has 0 unspecified atom stereocenters.